The van der Waals surface area contributed by atoms with E-state index >= 15 is 0 Å². The average Bonchev–Trinajstić information content (AvgIpc) is 3.13. The molecule has 116 valence electrons. The SMILES string of the molecule is CC(C)CCN(Cc1cccc2c1NCC2)C1CCCC1. The molecule has 1 fully saturated rings. The van der Waals surface area contributed by atoms with Crippen LogP contribution in [0.2, 0.25) is 0 Å². The van der Waals surface area contributed by atoms with E-state index in [-0.39, 0.29) is 0 Å². The maximum absolute atomic E-state index is 3.60. The molecule has 0 spiro atoms. The molecule has 0 bridgehead atoms. The summed E-state index contributed by atoms with van der Waals surface area (Å²) in [6, 6.07) is 7.68. The molecule has 2 heteroatoms. The van der Waals surface area contributed by atoms with Crippen molar-refractivity contribution in [2.75, 3.05) is 18.4 Å². The van der Waals surface area contributed by atoms with Gasteiger partial charge in [0.1, 0.15) is 0 Å². The maximum atomic E-state index is 3.60. The fraction of sp³-hybridized carbons (Fsp3) is 0.684. The Bertz CT molecular complexity index is 461. The second kappa shape index (κ2) is 6.83. The zero-order valence-electron chi connectivity index (χ0n) is 13.7. The minimum absolute atomic E-state index is 0.800. The molecule has 21 heavy (non-hydrogen) atoms. The highest BCUT2D eigenvalue weighted by atomic mass is 15.2. The van der Waals surface area contributed by atoms with Gasteiger partial charge in [-0.1, -0.05) is 44.9 Å². The summed E-state index contributed by atoms with van der Waals surface area (Å²) in [6.45, 7) is 8.19. The molecule has 1 saturated carbocycles. The smallest absolute Gasteiger partial charge is 0.0419 e. The van der Waals surface area contributed by atoms with Gasteiger partial charge in [0.15, 0.2) is 0 Å². The van der Waals surface area contributed by atoms with E-state index in [9.17, 15) is 0 Å². The third kappa shape index (κ3) is 3.60. The second-order valence-corrected chi connectivity index (χ2v) is 7.22. The minimum Gasteiger partial charge on any atom is -0.384 e. The van der Waals surface area contributed by atoms with E-state index in [1.807, 2.05) is 0 Å². The van der Waals surface area contributed by atoms with Crippen molar-refractivity contribution in [3.05, 3.63) is 29.3 Å². The molecule has 0 radical (unpaired) electrons. The highest BCUT2D eigenvalue weighted by Crippen LogP contribution is 2.30. The summed E-state index contributed by atoms with van der Waals surface area (Å²) in [4.78, 5) is 2.77. The molecular formula is C19H30N2. The third-order valence-electron chi connectivity index (χ3n) is 5.14. The van der Waals surface area contributed by atoms with Crippen molar-refractivity contribution < 1.29 is 0 Å². The predicted octanol–water partition coefficient (Wildman–Crippen LogP) is 4.45. The fourth-order valence-electron chi connectivity index (χ4n) is 3.85. The zero-order valence-corrected chi connectivity index (χ0v) is 13.7. The van der Waals surface area contributed by atoms with Gasteiger partial charge >= 0.3 is 0 Å². The Labute approximate surface area is 129 Å². The van der Waals surface area contributed by atoms with Gasteiger partial charge in [0.2, 0.25) is 0 Å². The minimum atomic E-state index is 0.800. The van der Waals surface area contributed by atoms with Crippen molar-refractivity contribution in [3.8, 4) is 0 Å². The van der Waals surface area contributed by atoms with Crippen LogP contribution in [0.1, 0.15) is 57.1 Å². The van der Waals surface area contributed by atoms with Crippen LogP contribution in [-0.4, -0.2) is 24.0 Å². The molecule has 3 rings (SSSR count). The number of rotatable bonds is 6. The van der Waals surface area contributed by atoms with Gasteiger partial charge in [0.25, 0.3) is 0 Å². The van der Waals surface area contributed by atoms with Crippen molar-refractivity contribution in [1.29, 1.82) is 0 Å². The molecule has 2 aliphatic rings. The quantitative estimate of drug-likeness (QED) is 0.831. The highest BCUT2D eigenvalue weighted by Gasteiger charge is 2.24. The summed E-state index contributed by atoms with van der Waals surface area (Å²) in [5.41, 5.74) is 4.47. The number of nitrogens with one attached hydrogen (secondary N) is 1. The number of nitrogens with zero attached hydrogens (tertiary/aromatic N) is 1. The summed E-state index contributed by atoms with van der Waals surface area (Å²) in [6.07, 6.45) is 8.17. The lowest BCUT2D eigenvalue weighted by Gasteiger charge is -2.30. The van der Waals surface area contributed by atoms with Crippen molar-refractivity contribution in [3.63, 3.8) is 0 Å². The van der Waals surface area contributed by atoms with Crippen LogP contribution in [0.25, 0.3) is 0 Å². The van der Waals surface area contributed by atoms with Gasteiger partial charge in [0, 0.05) is 24.8 Å². The number of para-hydroxylation sites is 1. The highest BCUT2D eigenvalue weighted by molar-refractivity contribution is 5.61. The molecule has 0 unspecified atom stereocenters. The Morgan fingerprint density at radius 3 is 2.81 bits per heavy atom. The lowest BCUT2D eigenvalue weighted by Crippen LogP contribution is -2.34. The molecule has 0 amide bonds. The number of anilines is 1. The number of benzene rings is 1. The monoisotopic (exact) mass is 286 g/mol. The van der Waals surface area contributed by atoms with Gasteiger partial charge < -0.3 is 5.32 Å². The predicted molar refractivity (Wildman–Crippen MR) is 90.8 cm³/mol. The standard InChI is InChI=1S/C19H30N2/c1-15(2)11-13-21(18-8-3-4-9-18)14-17-7-5-6-16-10-12-20-19(16)17/h5-7,15,18,20H,3-4,8-14H2,1-2H3. The summed E-state index contributed by atoms with van der Waals surface area (Å²) in [7, 11) is 0. The molecule has 0 atom stereocenters. The Balaban J connectivity index is 1.72. The lowest BCUT2D eigenvalue weighted by atomic mass is 10.0. The Hall–Kier alpha value is -1.02. The molecular weight excluding hydrogens is 256 g/mol. The van der Waals surface area contributed by atoms with Crippen LogP contribution in [-0.2, 0) is 13.0 Å². The molecule has 0 saturated heterocycles. The molecule has 1 aromatic carbocycles. The normalized spacial score (nSPS) is 18.5. The van der Waals surface area contributed by atoms with Crippen molar-refractivity contribution in [2.45, 2.75) is 65.0 Å². The summed E-state index contributed by atoms with van der Waals surface area (Å²) in [5, 5.41) is 3.60. The number of hydrogen-bond donors (Lipinski definition) is 1. The van der Waals surface area contributed by atoms with E-state index in [4.69, 9.17) is 0 Å². The van der Waals surface area contributed by atoms with E-state index in [0.717, 1.165) is 25.0 Å². The lowest BCUT2D eigenvalue weighted by molar-refractivity contribution is 0.180. The number of hydrogen-bond acceptors (Lipinski definition) is 2. The van der Waals surface area contributed by atoms with E-state index in [0.29, 0.717) is 0 Å². The van der Waals surface area contributed by atoms with Crippen molar-refractivity contribution in [2.24, 2.45) is 5.92 Å². The Morgan fingerprint density at radius 2 is 2.05 bits per heavy atom. The van der Waals surface area contributed by atoms with Crippen LogP contribution in [0.4, 0.5) is 5.69 Å². The molecule has 1 N–H and O–H groups in total. The first-order valence-corrected chi connectivity index (χ1v) is 8.82. The first-order valence-electron chi connectivity index (χ1n) is 8.82. The van der Waals surface area contributed by atoms with Gasteiger partial charge in [-0.2, -0.15) is 0 Å². The zero-order chi connectivity index (χ0) is 14.7. The largest absolute Gasteiger partial charge is 0.384 e. The van der Waals surface area contributed by atoms with E-state index in [1.54, 1.807) is 0 Å². The van der Waals surface area contributed by atoms with Crippen LogP contribution in [0.15, 0.2) is 18.2 Å². The van der Waals surface area contributed by atoms with Gasteiger partial charge in [-0.3, -0.25) is 4.90 Å². The van der Waals surface area contributed by atoms with Gasteiger partial charge in [0.05, 0.1) is 0 Å². The summed E-state index contributed by atoms with van der Waals surface area (Å²) in [5.74, 6) is 0.800. The Morgan fingerprint density at radius 1 is 1.24 bits per heavy atom. The van der Waals surface area contributed by atoms with Crippen molar-refractivity contribution >= 4 is 5.69 Å². The maximum Gasteiger partial charge on any atom is 0.0419 e. The van der Waals surface area contributed by atoms with E-state index in [2.05, 4.69) is 42.3 Å². The van der Waals surface area contributed by atoms with Crippen LogP contribution >= 0.6 is 0 Å². The number of fused-ring (bicyclic) bond motifs is 1. The average molecular weight is 286 g/mol. The fourth-order valence-corrected chi connectivity index (χ4v) is 3.85. The van der Waals surface area contributed by atoms with Crippen LogP contribution in [0.3, 0.4) is 0 Å². The molecule has 1 heterocycles. The molecule has 1 aliphatic heterocycles. The topological polar surface area (TPSA) is 15.3 Å². The van der Waals surface area contributed by atoms with E-state index in [1.165, 1.54) is 61.9 Å². The molecule has 1 aliphatic carbocycles. The molecule has 0 aromatic heterocycles. The second-order valence-electron chi connectivity index (χ2n) is 7.22. The first-order chi connectivity index (χ1) is 10.2. The van der Waals surface area contributed by atoms with Gasteiger partial charge in [-0.05, 0) is 49.3 Å². The summed E-state index contributed by atoms with van der Waals surface area (Å²) >= 11 is 0. The van der Waals surface area contributed by atoms with Crippen LogP contribution in [0, 0.1) is 5.92 Å². The Kier molecular flexibility index (Phi) is 4.84. The summed E-state index contributed by atoms with van der Waals surface area (Å²) < 4.78 is 0. The third-order valence-corrected chi connectivity index (χ3v) is 5.14. The van der Waals surface area contributed by atoms with E-state index < -0.39 is 0 Å². The van der Waals surface area contributed by atoms with Crippen LogP contribution < -0.4 is 5.32 Å². The van der Waals surface area contributed by atoms with Gasteiger partial charge in [-0.15, -0.1) is 0 Å². The molecule has 2 nitrogen and oxygen atoms in total. The van der Waals surface area contributed by atoms with Gasteiger partial charge in [-0.25, -0.2) is 0 Å². The van der Waals surface area contributed by atoms with Crippen molar-refractivity contribution in [1.82, 2.24) is 4.90 Å². The first kappa shape index (κ1) is 14.9. The van der Waals surface area contributed by atoms with Crippen LogP contribution in [0.5, 0.6) is 0 Å². The molecule has 1 aromatic rings.